The molecule has 90 valence electrons. The quantitative estimate of drug-likeness (QED) is 0.800. The lowest BCUT2D eigenvalue weighted by Crippen LogP contribution is -2.26. The highest BCUT2D eigenvalue weighted by Gasteiger charge is 2.15. The highest BCUT2D eigenvalue weighted by atomic mass is 16.3. The Labute approximate surface area is 98.7 Å². The molecule has 0 radical (unpaired) electrons. The number of benzene rings is 1. The number of hydrogen-bond donors (Lipinski definition) is 2. The first-order valence-electron chi connectivity index (χ1n) is 5.89. The molecule has 16 heavy (non-hydrogen) atoms. The summed E-state index contributed by atoms with van der Waals surface area (Å²) in [5.41, 5.74) is 2.40. The average Bonchev–Trinajstić information content (AvgIpc) is 2.27. The first kappa shape index (κ1) is 13.0. The predicted octanol–water partition coefficient (Wildman–Crippen LogP) is 3.24. The van der Waals surface area contributed by atoms with Crippen molar-refractivity contribution in [1.82, 2.24) is 0 Å². The first-order chi connectivity index (χ1) is 7.44. The van der Waals surface area contributed by atoms with Crippen LogP contribution in [-0.2, 0) is 0 Å². The largest absolute Gasteiger partial charge is 0.396 e. The molecule has 0 aliphatic heterocycles. The van der Waals surface area contributed by atoms with Crippen molar-refractivity contribution >= 4 is 5.69 Å². The normalized spacial score (nSPS) is 11.9. The monoisotopic (exact) mass is 221 g/mol. The fourth-order valence-corrected chi connectivity index (χ4v) is 1.40. The Morgan fingerprint density at radius 2 is 2.00 bits per heavy atom. The third-order valence-electron chi connectivity index (χ3n) is 2.75. The van der Waals surface area contributed by atoms with Crippen molar-refractivity contribution in [3.63, 3.8) is 0 Å². The molecule has 0 fully saturated rings. The van der Waals surface area contributed by atoms with Gasteiger partial charge in [0, 0.05) is 24.3 Å². The second-order valence-electron chi connectivity index (χ2n) is 5.46. The summed E-state index contributed by atoms with van der Waals surface area (Å²) in [6.07, 6.45) is 0. The van der Waals surface area contributed by atoms with Gasteiger partial charge in [-0.2, -0.15) is 0 Å². The Morgan fingerprint density at radius 1 is 1.31 bits per heavy atom. The van der Waals surface area contributed by atoms with Gasteiger partial charge < -0.3 is 10.4 Å². The highest BCUT2D eigenvalue weighted by Crippen LogP contribution is 2.20. The fourth-order valence-electron chi connectivity index (χ4n) is 1.40. The molecule has 0 saturated carbocycles. The van der Waals surface area contributed by atoms with E-state index in [2.05, 4.69) is 43.4 Å². The van der Waals surface area contributed by atoms with Crippen LogP contribution in [0.2, 0.25) is 0 Å². The van der Waals surface area contributed by atoms with Gasteiger partial charge in [-0.05, 0) is 23.6 Å². The molecule has 1 aromatic rings. The van der Waals surface area contributed by atoms with Gasteiger partial charge in [0.15, 0.2) is 0 Å². The van der Waals surface area contributed by atoms with Crippen LogP contribution in [0.25, 0.3) is 0 Å². The molecular formula is C14H23NO. The molecule has 2 N–H and O–H groups in total. The molecule has 1 aromatic carbocycles. The molecule has 2 nitrogen and oxygen atoms in total. The maximum atomic E-state index is 9.17. The molecule has 0 amide bonds. The lowest BCUT2D eigenvalue weighted by molar-refractivity contribution is 0.171. The standard InChI is InChI=1S/C14H23NO/c1-11(2)12-6-5-7-13(8-12)15-9-14(3,4)10-16/h5-8,11,15-16H,9-10H2,1-4H3. The van der Waals surface area contributed by atoms with Crippen LogP contribution < -0.4 is 5.32 Å². The van der Waals surface area contributed by atoms with Gasteiger partial charge in [0.25, 0.3) is 0 Å². The second-order valence-corrected chi connectivity index (χ2v) is 5.46. The second kappa shape index (κ2) is 5.35. The summed E-state index contributed by atoms with van der Waals surface area (Å²) in [7, 11) is 0. The molecule has 0 heterocycles. The Balaban J connectivity index is 2.64. The molecule has 0 aliphatic rings. The Morgan fingerprint density at radius 3 is 2.56 bits per heavy atom. The summed E-state index contributed by atoms with van der Waals surface area (Å²) in [6, 6.07) is 8.47. The van der Waals surface area contributed by atoms with Crippen LogP contribution in [0.1, 0.15) is 39.2 Å². The average molecular weight is 221 g/mol. The Hall–Kier alpha value is -1.02. The number of rotatable bonds is 5. The lowest BCUT2D eigenvalue weighted by atomic mass is 9.94. The van der Waals surface area contributed by atoms with E-state index in [1.807, 2.05) is 13.8 Å². The molecular weight excluding hydrogens is 198 g/mol. The van der Waals surface area contributed by atoms with Crippen molar-refractivity contribution in [1.29, 1.82) is 0 Å². The van der Waals surface area contributed by atoms with Gasteiger partial charge in [-0.15, -0.1) is 0 Å². The van der Waals surface area contributed by atoms with Crippen LogP contribution in [0, 0.1) is 5.41 Å². The summed E-state index contributed by atoms with van der Waals surface area (Å²) in [6.45, 7) is 9.46. The van der Waals surface area contributed by atoms with Gasteiger partial charge >= 0.3 is 0 Å². The van der Waals surface area contributed by atoms with Crippen LogP contribution >= 0.6 is 0 Å². The Bertz CT molecular complexity index is 331. The van der Waals surface area contributed by atoms with E-state index in [1.165, 1.54) is 5.56 Å². The molecule has 0 saturated heterocycles. The van der Waals surface area contributed by atoms with Crippen molar-refractivity contribution < 1.29 is 5.11 Å². The minimum Gasteiger partial charge on any atom is -0.396 e. The zero-order valence-electron chi connectivity index (χ0n) is 10.7. The molecule has 0 aliphatic carbocycles. The maximum Gasteiger partial charge on any atom is 0.0498 e. The van der Waals surface area contributed by atoms with Crippen molar-refractivity contribution in [3.05, 3.63) is 29.8 Å². The summed E-state index contributed by atoms with van der Waals surface area (Å²) in [5.74, 6) is 0.549. The zero-order valence-corrected chi connectivity index (χ0v) is 10.7. The molecule has 1 rings (SSSR count). The summed E-state index contributed by atoms with van der Waals surface area (Å²) in [4.78, 5) is 0. The molecule has 0 atom stereocenters. The predicted molar refractivity (Wildman–Crippen MR) is 69.9 cm³/mol. The van der Waals surface area contributed by atoms with Crippen molar-refractivity contribution in [2.24, 2.45) is 5.41 Å². The van der Waals surface area contributed by atoms with Crippen LogP contribution in [0.15, 0.2) is 24.3 Å². The van der Waals surface area contributed by atoms with E-state index in [9.17, 15) is 5.11 Å². The number of nitrogens with one attached hydrogen (secondary N) is 1. The topological polar surface area (TPSA) is 32.3 Å². The van der Waals surface area contributed by atoms with Gasteiger partial charge in [-0.25, -0.2) is 0 Å². The van der Waals surface area contributed by atoms with E-state index in [4.69, 9.17) is 0 Å². The number of anilines is 1. The molecule has 0 spiro atoms. The third-order valence-corrected chi connectivity index (χ3v) is 2.75. The molecule has 0 unspecified atom stereocenters. The van der Waals surface area contributed by atoms with E-state index in [0.717, 1.165) is 12.2 Å². The van der Waals surface area contributed by atoms with E-state index < -0.39 is 0 Å². The van der Waals surface area contributed by atoms with Crippen LogP contribution in [-0.4, -0.2) is 18.3 Å². The van der Waals surface area contributed by atoms with E-state index in [-0.39, 0.29) is 12.0 Å². The smallest absolute Gasteiger partial charge is 0.0498 e. The van der Waals surface area contributed by atoms with Gasteiger partial charge in [-0.1, -0.05) is 39.8 Å². The van der Waals surface area contributed by atoms with Gasteiger partial charge in [0.05, 0.1) is 0 Å². The Kier molecular flexibility index (Phi) is 4.36. The minimum absolute atomic E-state index is 0.0756. The van der Waals surface area contributed by atoms with E-state index in [0.29, 0.717) is 5.92 Å². The summed E-state index contributed by atoms with van der Waals surface area (Å²) < 4.78 is 0. The van der Waals surface area contributed by atoms with E-state index >= 15 is 0 Å². The van der Waals surface area contributed by atoms with Gasteiger partial charge in [0.2, 0.25) is 0 Å². The maximum absolute atomic E-state index is 9.17. The van der Waals surface area contributed by atoms with Crippen LogP contribution in [0.5, 0.6) is 0 Å². The van der Waals surface area contributed by atoms with Crippen LogP contribution in [0.3, 0.4) is 0 Å². The summed E-state index contributed by atoms with van der Waals surface area (Å²) in [5, 5.41) is 12.5. The van der Waals surface area contributed by atoms with Crippen molar-refractivity contribution in [2.75, 3.05) is 18.5 Å². The third kappa shape index (κ3) is 3.86. The number of aliphatic hydroxyl groups is 1. The van der Waals surface area contributed by atoms with Gasteiger partial charge in [-0.3, -0.25) is 0 Å². The van der Waals surface area contributed by atoms with E-state index in [1.54, 1.807) is 0 Å². The zero-order chi connectivity index (χ0) is 12.2. The van der Waals surface area contributed by atoms with Crippen molar-refractivity contribution in [3.8, 4) is 0 Å². The SMILES string of the molecule is CC(C)c1cccc(NCC(C)(C)CO)c1. The minimum atomic E-state index is -0.0756. The highest BCUT2D eigenvalue weighted by molar-refractivity contribution is 5.46. The lowest BCUT2D eigenvalue weighted by Gasteiger charge is -2.23. The molecule has 0 bridgehead atoms. The fraction of sp³-hybridized carbons (Fsp3) is 0.571. The molecule has 2 heteroatoms. The first-order valence-corrected chi connectivity index (χ1v) is 5.89. The summed E-state index contributed by atoms with van der Waals surface area (Å²) >= 11 is 0. The number of hydrogen-bond acceptors (Lipinski definition) is 2. The van der Waals surface area contributed by atoms with Gasteiger partial charge in [0.1, 0.15) is 0 Å². The van der Waals surface area contributed by atoms with Crippen LogP contribution in [0.4, 0.5) is 5.69 Å². The number of aliphatic hydroxyl groups excluding tert-OH is 1. The van der Waals surface area contributed by atoms with Crippen molar-refractivity contribution in [2.45, 2.75) is 33.6 Å². The molecule has 0 aromatic heterocycles.